The van der Waals surface area contributed by atoms with Crippen LogP contribution in [0.4, 0.5) is 5.69 Å². The highest BCUT2D eigenvalue weighted by Gasteiger charge is 2.29. The Bertz CT molecular complexity index is 1410. The zero-order valence-corrected chi connectivity index (χ0v) is 21.6. The van der Waals surface area contributed by atoms with E-state index in [0.29, 0.717) is 47.4 Å². The maximum absolute atomic E-state index is 13.3. The van der Waals surface area contributed by atoms with Gasteiger partial charge in [0, 0.05) is 25.7 Å². The molecular formula is C26H32N4O4S. The quantitative estimate of drug-likeness (QED) is 0.583. The van der Waals surface area contributed by atoms with E-state index in [-0.39, 0.29) is 16.5 Å². The van der Waals surface area contributed by atoms with E-state index in [9.17, 15) is 18.0 Å². The van der Waals surface area contributed by atoms with Gasteiger partial charge in [-0.25, -0.2) is 13.1 Å². The Morgan fingerprint density at radius 1 is 1.00 bits per heavy atom. The minimum atomic E-state index is -4.12. The van der Waals surface area contributed by atoms with Crippen LogP contribution in [0.25, 0.3) is 5.69 Å². The number of sulfonamides is 1. The van der Waals surface area contributed by atoms with Gasteiger partial charge < -0.3 is 4.90 Å². The summed E-state index contributed by atoms with van der Waals surface area (Å²) in [5.41, 5.74) is 1.68. The number of nitrogens with one attached hydrogen (secondary N) is 1. The van der Waals surface area contributed by atoms with Gasteiger partial charge in [-0.15, -0.1) is 0 Å². The van der Waals surface area contributed by atoms with Gasteiger partial charge >= 0.3 is 0 Å². The van der Waals surface area contributed by atoms with Gasteiger partial charge in [0.1, 0.15) is 5.69 Å². The van der Waals surface area contributed by atoms with E-state index in [1.807, 2.05) is 23.1 Å². The number of piperidine rings is 1. The third-order valence-electron chi connectivity index (χ3n) is 6.70. The van der Waals surface area contributed by atoms with Crippen molar-refractivity contribution in [3.8, 4) is 5.69 Å². The van der Waals surface area contributed by atoms with Gasteiger partial charge in [0.2, 0.25) is 0 Å². The molecule has 0 aliphatic carbocycles. The number of benzene rings is 2. The first-order chi connectivity index (χ1) is 16.5. The zero-order chi connectivity index (χ0) is 25.5. The minimum absolute atomic E-state index is 0.0246. The second kappa shape index (κ2) is 9.37. The lowest BCUT2D eigenvalue weighted by molar-refractivity contribution is 0.0622. The number of hydrogen-bond acceptors (Lipinski definition) is 4. The van der Waals surface area contributed by atoms with E-state index in [0.717, 1.165) is 6.42 Å². The summed E-state index contributed by atoms with van der Waals surface area (Å²) >= 11 is 0. The first-order valence-electron chi connectivity index (χ1n) is 11.8. The molecule has 4 rings (SSSR count). The van der Waals surface area contributed by atoms with Crippen LogP contribution in [0.1, 0.15) is 41.9 Å². The van der Waals surface area contributed by atoms with Crippen molar-refractivity contribution in [3.63, 3.8) is 0 Å². The van der Waals surface area contributed by atoms with Crippen LogP contribution in [0.3, 0.4) is 0 Å². The van der Waals surface area contributed by atoms with Gasteiger partial charge in [0.05, 0.1) is 16.3 Å². The molecule has 0 saturated carbocycles. The van der Waals surface area contributed by atoms with E-state index in [1.165, 1.54) is 16.8 Å². The van der Waals surface area contributed by atoms with Crippen LogP contribution in [-0.2, 0) is 17.1 Å². The van der Waals surface area contributed by atoms with E-state index in [4.69, 9.17) is 0 Å². The Hall–Kier alpha value is -3.33. The Kier molecular flexibility index (Phi) is 6.64. The van der Waals surface area contributed by atoms with Crippen molar-refractivity contribution in [2.45, 2.75) is 39.0 Å². The van der Waals surface area contributed by atoms with E-state index in [2.05, 4.69) is 18.6 Å². The topological polar surface area (TPSA) is 93.4 Å². The number of aromatic nitrogens is 2. The molecule has 3 aromatic rings. The van der Waals surface area contributed by atoms with Crippen LogP contribution in [0.5, 0.6) is 0 Å². The molecular weight excluding hydrogens is 464 g/mol. The lowest BCUT2D eigenvalue weighted by Gasteiger charge is -2.35. The zero-order valence-electron chi connectivity index (χ0n) is 20.8. The first-order valence-corrected chi connectivity index (χ1v) is 13.2. The fourth-order valence-electron chi connectivity index (χ4n) is 4.88. The molecule has 1 N–H and O–H groups in total. The molecule has 1 aliphatic heterocycles. The first kappa shape index (κ1) is 24.8. The lowest BCUT2D eigenvalue weighted by Crippen LogP contribution is -2.42. The second-order valence-electron chi connectivity index (χ2n) is 9.67. The number of nitrogens with zero attached hydrogens (tertiary/aromatic N) is 3. The number of carbonyl (C=O) groups is 1. The number of likely N-dealkylation sites (tertiary alicyclic amines) is 1. The summed E-state index contributed by atoms with van der Waals surface area (Å²) in [6.07, 6.45) is 1.07. The van der Waals surface area contributed by atoms with Gasteiger partial charge in [0.15, 0.2) is 0 Å². The average molecular weight is 497 g/mol. The molecule has 9 heteroatoms. The molecule has 2 unspecified atom stereocenters. The Labute approximate surface area is 206 Å². The fraction of sp³-hybridized carbons (Fsp3) is 0.385. The number of para-hydroxylation sites is 1. The monoisotopic (exact) mass is 496 g/mol. The minimum Gasteiger partial charge on any atom is -0.338 e. The van der Waals surface area contributed by atoms with E-state index < -0.39 is 15.6 Å². The highest BCUT2D eigenvalue weighted by atomic mass is 32.2. The molecule has 35 heavy (non-hydrogen) atoms. The third-order valence-corrected chi connectivity index (χ3v) is 8.04. The van der Waals surface area contributed by atoms with Crippen molar-refractivity contribution in [3.05, 3.63) is 75.7 Å². The van der Waals surface area contributed by atoms with E-state index >= 15 is 0 Å². The maximum Gasteiger partial charge on any atom is 0.296 e. The molecule has 1 aromatic heterocycles. The summed E-state index contributed by atoms with van der Waals surface area (Å²) < 4.78 is 32.2. The van der Waals surface area contributed by atoms with Gasteiger partial charge in [-0.05, 0) is 61.9 Å². The number of aryl methyl sites for hydroxylation is 1. The standard InChI is InChI=1S/C26H32N4O4S/c1-17-13-18(2)16-29(15-17)25(31)23-14-22(12-11-19(23)3)35(33,34)27-24-20(4)28(5)30(26(24)32)21-9-7-6-8-10-21/h6-12,14,17-18,27H,13,15-16H2,1-5H3. The SMILES string of the molecule is Cc1ccc(S(=O)(=O)Nc2c(C)n(C)n(-c3ccccc3)c2=O)cc1C(=O)N1CC(C)CC(C)C1. The Morgan fingerprint density at radius 2 is 1.63 bits per heavy atom. The van der Waals surface area contributed by atoms with Gasteiger partial charge in [0.25, 0.3) is 21.5 Å². The van der Waals surface area contributed by atoms with Crippen molar-refractivity contribution in [1.29, 1.82) is 0 Å². The molecule has 2 atom stereocenters. The fourth-order valence-corrected chi connectivity index (χ4v) is 6.02. The van der Waals surface area contributed by atoms with Crippen molar-refractivity contribution in [1.82, 2.24) is 14.3 Å². The lowest BCUT2D eigenvalue weighted by atomic mass is 9.91. The van der Waals surface area contributed by atoms with Crippen LogP contribution in [-0.4, -0.2) is 41.7 Å². The largest absolute Gasteiger partial charge is 0.338 e. The summed E-state index contributed by atoms with van der Waals surface area (Å²) in [7, 11) is -2.42. The molecule has 1 amide bonds. The van der Waals surface area contributed by atoms with E-state index in [1.54, 1.807) is 43.8 Å². The molecule has 1 saturated heterocycles. The average Bonchev–Trinajstić information content (AvgIpc) is 3.01. The third kappa shape index (κ3) is 4.77. The van der Waals surface area contributed by atoms with Crippen molar-refractivity contribution < 1.29 is 13.2 Å². The van der Waals surface area contributed by atoms with Crippen LogP contribution in [0, 0.1) is 25.7 Å². The molecule has 0 spiro atoms. The summed E-state index contributed by atoms with van der Waals surface area (Å²) in [4.78, 5) is 28.2. The van der Waals surface area contributed by atoms with Gasteiger partial charge in [-0.2, -0.15) is 0 Å². The van der Waals surface area contributed by atoms with Crippen LogP contribution < -0.4 is 10.3 Å². The number of hydrogen-bond donors (Lipinski definition) is 1. The van der Waals surface area contributed by atoms with Crippen molar-refractivity contribution >= 4 is 21.6 Å². The molecule has 2 heterocycles. The predicted octanol–water partition coefficient (Wildman–Crippen LogP) is 3.71. The summed E-state index contributed by atoms with van der Waals surface area (Å²) in [5, 5.41) is 0. The van der Waals surface area contributed by atoms with Crippen LogP contribution in [0.2, 0.25) is 0 Å². The predicted molar refractivity (Wildman–Crippen MR) is 137 cm³/mol. The number of carbonyl (C=O) groups excluding carboxylic acids is 1. The molecule has 8 nitrogen and oxygen atoms in total. The normalized spacial score (nSPS) is 18.5. The number of rotatable bonds is 5. The number of anilines is 1. The highest BCUT2D eigenvalue weighted by molar-refractivity contribution is 7.92. The van der Waals surface area contributed by atoms with Gasteiger partial charge in [-0.3, -0.25) is 19.0 Å². The Morgan fingerprint density at radius 3 is 2.26 bits per heavy atom. The summed E-state index contributed by atoms with van der Waals surface area (Å²) in [6, 6.07) is 13.5. The van der Waals surface area contributed by atoms with Crippen molar-refractivity contribution in [2.75, 3.05) is 17.8 Å². The van der Waals surface area contributed by atoms with Crippen LogP contribution in [0.15, 0.2) is 58.2 Å². The highest BCUT2D eigenvalue weighted by Crippen LogP contribution is 2.25. The second-order valence-corrected chi connectivity index (χ2v) is 11.4. The molecule has 1 aliphatic rings. The maximum atomic E-state index is 13.3. The summed E-state index contributed by atoms with van der Waals surface area (Å²) in [6.45, 7) is 9.03. The smallest absolute Gasteiger partial charge is 0.296 e. The van der Waals surface area contributed by atoms with Crippen molar-refractivity contribution in [2.24, 2.45) is 18.9 Å². The number of amides is 1. The molecule has 1 fully saturated rings. The molecule has 0 radical (unpaired) electrons. The van der Waals surface area contributed by atoms with Crippen LogP contribution >= 0.6 is 0 Å². The summed E-state index contributed by atoms with van der Waals surface area (Å²) in [5.74, 6) is 0.620. The molecule has 186 valence electrons. The molecule has 0 bridgehead atoms. The Balaban J connectivity index is 1.68. The molecule has 2 aromatic carbocycles. The van der Waals surface area contributed by atoms with Gasteiger partial charge in [-0.1, -0.05) is 38.1 Å².